The van der Waals surface area contributed by atoms with Crippen molar-refractivity contribution in [1.82, 2.24) is 5.32 Å². The van der Waals surface area contributed by atoms with Gasteiger partial charge in [-0.05, 0) is 43.2 Å². The van der Waals surface area contributed by atoms with E-state index in [4.69, 9.17) is 10.5 Å². The van der Waals surface area contributed by atoms with E-state index in [1.54, 1.807) is 43.3 Å². The summed E-state index contributed by atoms with van der Waals surface area (Å²) in [5.74, 6) is 0.0562. The van der Waals surface area contributed by atoms with Gasteiger partial charge in [-0.1, -0.05) is 43.3 Å². The highest BCUT2D eigenvalue weighted by atomic mass is 19.1. The fourth-order valence-corrected chi connectivity index (χ4v) is 2.23. The zero-order valence-corrected chi connectivity index (χ0v) is 15.0. The number of nitrogens with two attached hydrogens (primary N) is 1. The first kappa shape index (κ1) is 19.2. The van der Waals surface area contributed by atoms with Gasteiger partial charge in [0.2, 0.25) is 0 Å². The van der Waals surface area contributed by atoms with E-state index in [-0.39, 0.29) is 11.7 Å². The summed E-state index contributed by atoms with van der Waals surface area (Å²) in [5, 5.41) is 2.84. The van der Waals surface area contributed by atoms with Crippen LogP contribution in [0.15, 0.2) is 72.0 Å². The summed E-state index contributed by atoms with van der Waals surface area (Å²) < 4.78 is 19.1. The van der Waals surface area contributed by atoms with Gasteiger partial charge in [0, 0.05) is 12.2 Å². The summed E-state index contributed by atoms with van der Waals surface area (Å²) >= 11 is 0. The van der Waals surface area contributed by atoms with Gasteiger partial charge < -0.3 is 15.8 Å². The number of benzene rings is 2. The van der Waals surface area contributed by atoms with Gasteiger partial charge in [-0.2, -0.15) is 0 Å². The minimum absolute atomic E-state index is 0.171. The van der Waals surface area contributed by atoms with Crippen molar-refractivity contribution < 1.29 is 13.9 Å². The summed E-state index contributed by atoms with van der Waals surface area (Å²) in [6, 6.07) is 13.3. The molecule has 26 heavy (non-hydrogen) atoms. The minimum atomic E-state index is -0.416. The maximum absolute atomic E-state index is 13.6. The molecule has 0 heterocycles. The van der Waals surface area contributed by atoms with Crippen LogP contribution in [0.2, 0.25) is 0 Å². The average Bonchev–Trinajstić information content (AvgIpc) is 2.63. The van der Waals surface area contributed by atoms with Crippen LogP contribution in [0.4, 0.5) is 4.39 Å². The fourth-order valence-electron chi connectivity index (χ4n) is 2.23. The summed E-state index contributed by atoms with van der Waals surface area (Å²) in [7, 11) is 0. The van der Waals surface area contributed by atoms with Crippen molar-refractivity contribution in [3.8, 4) is 11.5 Å². The third kappa shape index (κ3) is 5.48. The highest BCUT2D eigenvalue weighted by molar-refractivity contribution is 5.96. The summed E-state index contributed by atoms with van der Waals surface area (Å²) in [6.45, 7) is 4.04. The number of halogens is 1. The smallest absolute Gasteiger partial charge is 0.253 e. The van der Waals surface area contributed by atoms with Gasteiger partial charge in [0.25, 0.3) is 5.91 Å². The molecule has 0 aliphatic rings. The third-order valence-corrected chi connectivity index (χ3v) is 3.63. The van der Waals surface area contributed by atoms with Gasteiger partial charge >= 0.3 is 0 Å². The quantitative estimate of drug-likeness (QED) is 0.571. The number of hydrogen-bond donors (Lipinski definition) is 2. The predicted octanol–water partition coefficient (Wildman–Crippen LogP) is 4.43. The Morgan fingerprint density at radius 2 is 1.88 bits per heavy atom. The SMILES string of the molecule is CC/C=C\C(C(=O)NCc1ccc(Oc2ccccc2F)cc1)=C(/C)N. The lowest BCUT2D eigenvalue weighted by molar-refractivity contribution is -0.117. The molecule has 0 aliphatic carbocycles. The van der Waals surface area contributed by atoms with E-state index in [0.29, 0.717) is 23.6 Å². The van der Waals surface area contributed by atoms with Crippen molar-refractivity contribution in [2.75, 3.05) is 0 Å². The van der Waals surface area contributed by atoms with Crippen molar-refractivity contribution in [3.05, 3.63) is 83.3 Å². The van der Waals surface area contributed by atoms with E-state index in [2.05, 4.69) is 5.32 Å². The van der Waals surface area contributed by atoms with Crippen LogP contribution < -0.4 is 15.8 Å². The molecule has 0 atom stereocenters. The van der Waals surface area contributed by atoms with E-state index in [1.165, 1.54) is 6.07 Å². The Kier molecular flexibility index (Phi) is 6.97. The van der Waals surface area contributed by atoms with Crippen molar-refractivity contribution >= 4 is 5.91 Å². The number of amides is 1. The molecular formula is C21H23FN2O2. The minimum Gasteiger partial charge on any atom is -0.454 e. The molecule has 0 saturated carbocycles. The van der Waals surface area contributed by atoms with Gasteiger partial charge in [-0.3, -0.25) is 4.79 Å². The highest BCUT2D eigenvalue weighted by Crippen LogP contribution is 2.24. The van der Waals surface area contributed by atoms with Crippen LogP contribution >= 0.6 is 0 Å². The molecule has 3 N–H and O–H groups in total. The molecular weight excluding hydrogens is 331 g/mol. The van der Waals surface area contributed by atoms with Crippen LogP contribution in [0.1, 0.15) is 25.8 Å². The molecule has 0 aliphatic heterocycles. The Bertz CT molecular complexity index is 807. The Balaban J connectivity index is 1.97. The van der Waals surface area contributed by atoms with Crippen LogP contribution in [0, 0.1) is 5.82 Å². The van der Waals surface area contributed by atoms with Crippen molar-refractivity contribution in [2.24, 2.45) is 5.73 Å². The molecule has 0 spiro atoms. The fraction of sp³-hybridized carbons (Fsp3) is 0.190. The number of allylic oxidation sites excluding steroid dienone is 2. The Labute approximate surface area is 153 Å². The number of hydrogen-bond acceptors (Lipinski definition) is 3. The first-order valence-electron chi connectivity index (χ1n) is 8.43. The molecule has 0 unspecified atom stereocenters. The summed E-state index contributed by atoms with van der Waals surface area (Å²) in [4.78, 5) is 12.2. The van der Waals surface area contributed by atoms with E-state index in [1.807, 2.05) is 25.1 Å². The zero-order chi connectivity index (χ0) is 18.9. The van der Waals surface area contributed by atoms with E-state index >= 15 is 0 Å². The molecule has 0 radical (unpaired) electrons. The number of rotatable bonds is 7. The molecule has 2 rings (SSSR count). The van der Waals surface area contributed by atoms with Crippen LogP contribution in [0.5, 0.6) is 11.5 Å². The second kappa shape index (κ2) is 9.42. The number of carbonyl (C=O) groups excluding carboxylic acids is 1. The molecule has 2 aromatic rings. The number of carbonyl (C=O) groups is 1. The molecule has 4 nitrogen and oxygen atoms in total. The second-order valence-electron chi connectivity index (χ2n) is 5.77. The summed E-state index contributed by atoms with van der Waals surface area (Å²) in [5.41, 5.74) is 7.61. The molecule has 0 bridgehead atoms. The van der Waals surface area contributed by atoms with Crippen molar-refractivity contribution in [2.45, 2.75) is 26.8 Å². The van der Waals surface area contributed by atoms with Gasteiger partial charge in [-0.25, -0.2) is 4.39 Å². The van der Waals surface area contributed by atoms with Gasteiger partial charge in [0.05, 0.1) is 5.57 Å². The van der Waals surface area contributed by atoms with E-state index in [9.17, 15) is 9.18 Å². The molecule has 5 heteroatoms. The number of nitrogens with one attached hydrogen (secondary N) is 1. The van der Waals surface area contributed by atoms with Crippen molar-refractivity contribution in [1.29, 1.82) is 0 Å². The molecule has 0 aromatic heterocycles. The Hall–Kier alpha value is -3.08. The van der Waals surface area contributed by atoms with Gasteiger partial charge in [-0.15, -0.1) is 0 Å². The van der Waals surface area contributed by atoms with Crippen LogP contribution in [0.3, 0.4) is 0 Å². The number of ether oxygens (including phenoxy) is 1. The largest absolute Gasteiger partial charge is 0.454 e. The molecule has 136 valence electrons. The second-order valence-corrected chi connectivity index (χ2v) is 5.77. The normalized spacial score (nSPS) is 12.0. The first-order valence-corrected chi connectivity index (χ1v) is 8.43. The average molecular weight is 354 g/mol. The van der Waals surface area contributed by atoms with Crippen LogP contribution in [0.25, 0.3) is 0 Å². The standard InChI is InChI=1S/C21H23FN2O2/c1-3-4-7-18(15(2)23)21(25)24-14-16-10-12-17(13-11-16)26-20-9-6-5-8-19(20)22/h4-13H,3,14,23H2,1-2H3,(H,24,25)/b7-4-,18-15-. The van der Waals surface area contributed by atoms with E-state index < -0.39 is 5.82 Å². The monoisotopic (exact) mass is 354 g/mol. The third-order valence-electron chi connectivity index (χ3n) is 3.63. The predicted molar refractivity (Wildman–Crippen MR) is 101 cm³/mol. The van der Waals surface area contributed by atoms with Crippen LogP contribution in [-0.2, 0) is 11.3 Å². The highest BCUT2D eigenvalue weighted by Gasteiger charge is 2.09. The lowest BCUT2D eigenvalue weighted by Gasteiger charge is -2.09. The van der Waals surface area contributed by atoms with Crippen molar-refractivity contribution in [3.63, 3.8) is 0 Å². The molecule has 2 aromatic carbocycles. The molecule has 1 amide bonds. The van der Waals surface area contributed by atoms with Gasteiger partial charge in [0.1, 0.15) is 5.75 Å². The number of para-hydroxylation sites is 1. The molecule has 0 fully saturated rings. The molecule has 0 saturated heterocycles. The lowest BCUT2D eigenvalue weighted by Crippen LogP contribution is -2.25. The first-order chi connectivity index (χ1) is 12.5. The lowest BCUT2D eigenvalue weighted by atomic mass is 10.1. The van der Waals surface area contributed by atoms with E-state index in [0.717, 1.165) is 12.0 Å². The topological polar surface area (TPSA) is 64.3 Å². The zero-order valence-electron chi connectivity index (χ0n) is 15.0. The van der Waals surface area contributed by atoms with Gasteiger partial charge in [0.15, 0.2) is 11.6 Å². The van der Waals surface area contributed by atoms with Crippen LogP contribution in [-0.4, -0.2) is 5.91 Å². The Morgan fingerprint density at radius 3 is 2.50 bits per heavy atom. The summed E-state index contributed by atoms with van der Waals surface area (Å²) in [6.07, 6.45) is 4.45. The maximum atomic E-state index is 13.6. The Morgan fingerprint density at radius 1 is 1.19 bits per heavy atom. The maximum Gasteiger partial charge on any atom is 0.253 e.